The lowest BCUT2D eigenvalue weighted by Crippen LogP contribution is -2.47. The van der Waals surface area contributed by atoms with Crippen LogP contribution in [-0.4, -0.2) is 23.4 Å². The molecule has 1 aliphatic carbocycles. The average molecular weight is 258 g/mol. The van der Waals surface area contributed by atoms with Gasteiger partial charge in [0.25, 0.3) is 0 Å². The van der Waals surface area contributed by atoms with Crippen LogP contribution in [0.2, 0.25) is 0 Å². The predicted octanol–water partition coefficient (Wildman–Crippen LogP) is 2.52. The molecule has 3 N–H and O–H groups in total. The molecule has 2 atom stereocenters. The first kappa shape index (κ1) is 12.5. The van der Waals surface area contributed by atoms with E-state index in [4.69, 9.17) is 11.1 Å². The van der Waals surface area contributed by atoms with Gasteiger partial charge in [-0.3, -0.25) is 5.41 Å². The number of piperidine rings is 1. The van der Waals surface area contributed by atoms with Crippen molar-refractivity contribution in [2.75, 3.05) is 11.4 Å². The number of aromatic nitrogens is 1. The summed E-state index contributed by atoms with van der Waals surface area (Å²) >= 11 is 0. The average Bonchev–Trinajstić information content (AvgIpc) is 2.47. The van der Waals surface area contributed by atoms with E-state index in [1.807, 2.05) is 12.1 Å². The van der Waals surface area contributed by atoms with Gasteiger partial charge in [-0.15, -0.1) is 0 Å². The monoisotopic (exact) mass is 258 g/mol. The molecule has 0 bridgehead atoms. The molecular weight excluding hydrogens is 236 g/mol. The van der Waals surface area contributed by atoms with Crippen LogP contribution < -0.4 is 10.6 Å². The van der Waals surface area contributed by atoms with E-state index < -0.39 is 0 Å². The normalized spacial score (nSPS) is 26.8. The fourth-order valence-corrected chi connectivity index (χ4v) is 3.65. The molecule has 1 aromatic rings. The highest BCUT2D eigenvalue weighted by molar-refractivity contribution is 5.95. The van der Waals surface area contributed by atoms with E-state index in [-0.39, 0.29) is 5.84 Å². The Bertz CT molecular complexity index is 469. The second-order valence-electron chi connectivity index (χ2n) is 5.76. The minimum absolute atomic E-state index is 0.126. The highest BCUT2D eigenvalue weighted by Crippen LogP contribution is 2.37. The topological polar surface area (TPSA) is 66.0 Å². The lowest BCUT2D eigenvalue weighted by molar-refractivity contribution is 0.243. The van der Waals surface area contributed by atoms with Gasteiger partial charge in [0.05, 0.1) is 0 Å². The Morgan fingerprint density at radius 1 is 1.26 bits per heavy atom. The molecule has 0 amide bonds. The summed E-state index contributed by atoms with van der Waals surface area (Å²) in [6, 6.07) is 4.44. The number of anilines is 1. The molecule has 19 heavy (non-hydrogen) atoms. The molecular formula is C15H22N4. The number of nitrogen functional groups attached to an aromatic ring is 1. The van der Waals surface area contributed by atoms with E-state index in [9.17, 15) is 0 Å². The molecule has 2 unspecified atom stereocenters. The molecule has 2 heterocycles. The Balaban J connectivity index is 1.87. The zero-order chi connectivity index (χ0) is 13.2. The third kappa shape index (κ3) is 2.44. The number of hydrogen-bond donors (Lipinski definition) is 2. The van der Waals surface area contributed by atoms with E-state index in [1.165, 1.54) is 38.5 Å². The van der Waals surface area contributed by atoms with E-state index in [0.29, 0.717) is 6.04 Å². The summed E-state index contributed by atoms with van der Waals surface area (Å²) in [7, 11) is 0. The molecule has 1 aliphatic heterocycles. The molecule has 3 rings (SSSR count). The molecule has 1 saturated carbocycles. The van der Waals surface area contributed by atoms with Gasteiger partial charge in [-0.05, 0) is 43.7 Å². The molecule has 0 aromatic carbocycles. The van der Waals surface area contributed by atoms with Crippen molar-refractivity contribution in [1.82, 2.24) is 4.98 Å². The maximum absolute atomic E-state index is 7.56. The molecule has 1 aromatic heterocycles. The number of rotatable bonds is 2. The second kappa shape index (κ2) is 5.19. The van der Waals surface area contributed by atoms with Gasteiger partial charge in [-0.2, -0.15) is 0 Å². The van der Waals surface area contributed by atoms with Crippen LogP contribution in [0.4, 0.5) is 5.82 Å². The summed E-state index contributed by atoms with van der Waals surface area (Å²) in [6.45, 7) is 1.09. The van der Waals surface area contributed by atoms with Gasteiger partial charge in [0.15, 0.2) is 0 Å². The van der Waals surface area contributed by atoms with E-state index in [2.05, 4.69) is 9.88 Å². The summed E-state index contributed by atoms with van der Waals surface area (Å²) in [6.07, 6.45) is 9.78. The highest BCUT2D eigenvalue weighted by atomic mass is 15.2. The molecule has 4 heteroatoms. The van der Waals surface area contributed by atoms with Crippen molar-refractivity contribution in [3.05, 3.63) is 23.9 Å². The van der Waals surface area contributed by atoms with Crippen LogP contribution in [0.1, 0.15) is 44.1 Å². The van der Waals surface area contributed by atoms with Crippen molar-refractivity contribution in [2.24, 2.45) is 11.7 Å². The molecule has 2 fully saturated rings. The van der Waals surface area contributed by atoms with Crippen molar-refractivity contribution in [1.29, 1.82) is 5.41 Å². The molecule has 1 saturated heterocycles. The molecule has 0 spiro atoms. The maximum atomic E-state index is 7.56. The van der Waals surface area contributed by atoms with Gasteiger partial charge in [-0.25, -0.2) is 4.98 Å². The second-order valence-corrected chi connectivity index (χ2v) is 5.76. The van der Waals surface area contributed by atoms with Crippen LogP contribution in [0.3, 0.4) is 0 Å². The summed E-state index contributed by atoms with van der Waals surface area (Å²) in [5.74, 6) is 1.97. The summed E-state index contributed by atoms with van der Waals surface area (Å²) < 4.78 is 0. The van der Waals surface area contributed by atoms with Crippen LogP contribution in [-0.2, 0) is 0 Å². The smallest absolute Gasteiger partial charge is 0.129 e. The Hall–Kier alpha value is -1.58. The van der Waals surface area contributed by atoms with Crippen LogP contribution in [0.15, 0.2) is 18.3 Å². The fraction of sp³-hybridized carbons (Fsp3) is 0.600. The summed E-state index contributed by atoms with van der Waals surface area (Å²) in [5.41, 5.74) is 6.36. The Morgan fingerprint density at radius 3 is 2.89 bits per heavy atom. The summed E-state index contributed by atoms with van der Waals surface area (Å²) in [4.78, 5) is 6.97. The molecule has 2 aliphatic rings. The minimum atomic E-state index is 0.126. The SMILES string of the molecule is N=C(N)c1ccnc(N2CCCC3CCCCC32)c1. The Morgan fingerprint density at radius 2 is 2.05 bits per heavy atom. The van der Waals surface area contributed by atoms with Crippen LogP contribution in [0, 0.1) is 11.3 Å². The van der Waals surface area contributed by atoms with Crippen LogP contribution >= 0.6 is 0 Å². The number of pyridine rings is 1. The lowest BCUT2D eigenvalue weighted by atomic mass is 9.78. The zero-order valence-corrected chi connectivity index (χ0v) is 11.3. The fourth-order valence-electron chi connectivity index (χ4n) is 3.65. The Labute approximate surface area is 114 Å². The number of hydrogen-bond acceptors (Lipinski definition) is 3. The standard InChI is InChI=1S/C15H22N4/c16-15(17)12-7-8-18-14(10-12)19-9-3-5-11-4-1-2-6-13(11)19/h7-8,10-11,13H,1-6,9H2,(H3,16,17). The Kier molecular flexibility index (Phi) is 3.40. The van der Waals surface area contributed by atoms with Gasteiger partial charge in [0.2, 0.25) is 0 Å². The molecule has 102 valence electrons. The third-order valence-corrected chi connectivity index (χ3v) is 4.59. The highest BCUT2D eigenvalue weighted by Gasteiger charge is 2.33. The van der Waals surface area contributed by atoms with Crippen molar-refractivity contribution in [3.8, 4) is 0 Å². The van der Waals surface area contributed by atoms with E-state index >= 15 is 0 Å². The largest absolute Gasteiger partial charge is 0.384 e. The van der Waals surface area contributed by atoms with Gasteiger partial charge in [0.1, 0.15) is 11.7 Å². The lowest BCUT2D eigenvalue weighted by Gasteiger charge is -2.44. The first-order chi connectivity index (χ1) is 9.25. The number of nitrogens with zero attached hydrogens (tertiary/aromatic N) is 2. The van der Waals surface area contributed by atoms with Crippen LogP contribution in [0.25, 0.3) is 0 Å². The van der Waals surface area contributed by atoms with Crippen molar-refractivity contribution < 1.29 is 0 Å². The molecule has 0 radical (unpaired) electrons. The first-order valence-corrected chi connectivity index (χ1v) is 7.33. The van der Waals surface area contributed by atoms with Gasteiger partial charge < -0.3 is 10.6 Å². The van der Waals surface area contributed by atoms with E-state index in [1.54, 1.807) is 6.20 Å². The van der Waals surface area contributed by atoms with Crippen molar-refractivity contribution >= 4 is 11.7 Å². The van der Waals surface area contributed by atoms with Gasteiger partial charge in [-0.1, -0.05) is 12.8 Å². The van der Waals surface area contributed by atoms with Crippen molar-refractivity contribution in [2.45, 2.75) is 44.6 Å². The first-order valence-electron chi connectivity index (χ1n) is 7.33. The zero-order valence-electron chi connectivity index (χ0n) is 11.3. The maximum Gasteiger partial charge on any atom is 0.129 e. The summed E-state index contributed by atoms with van der Waals surface area (Å²) in [5, 5.41) is 7.56. The quantitative estimate of drug-likeness (QED) is 0.633. The van der Waals surface area contributed by atoms with Gasteiger partial charge in [0, 0.05) is 24.3 Å². The number of fused-ring (bicyclic) bond motifs is 1. The van der Waals surface area contributed by atoms with Gasteiger partial charge >= 0.3 is 0 Å². The van der Waals surface area contributed by atoms with E-state index in [0.717, 1.165) is 23.8 Å². The third-order valence-electron chi connectivity index (χ3n) is 4.59. The predicted molar refractivity (Wildman–Crippen MR) is 77.6 cm³/mol. The number of nitrogens with one attached hydrogen (secondary N) is 1. The molecule has 4 nitrogen and oxygen atoms in total. The van der Waals surface area contributed by atoms with Crippen molar-refractivity contribution in [3.63, 3.8) is 0 Å². The minimum Gasteiger partial charge on any atom is -0.384 e. The number of nitrogens with two attached hydrogens (primary N) is 1. The number of amidine groups is 1. The van der Waals surface area contributed by atoms with Crippen LogP contribution in [0.5, 0.6) is 0 Å².